The van der Waals surface area contributed by atoms with Crippen LogP contribution >= 0.6 is 11.3 Å². The lowest BCUT2D eigenvalue weighted by Crippen LogP contribution is -2.17. The highest BCUT2D eigenvalue weighted by Gasteiger charge is 2.18. The summed E-state index contributed by atoms with van der Waals surface area (Å²) in [7, 11) is 2.08. The van der Waals surface area contributed by atoms with Gasteiger partial charge in [0.1, 0.15) is 0 Å². The molecular formula is C20H23N3OS. The lowest BCUT2D eigenvalue weighted by molar-refractivity contribution is 0.283. The molecule has 4 rings (SSSR count). The molecule has 0 bridgehead atoms. The molecule has 5 heteroatoms. The van der Waals surface area contributed by atoms with Crippen molar-refractivity contribution in [2.75, 3.05) is 7.05 Å². The van der Waals surface area contributed by atoms with Gasteiger partial charge in [-0.3, -0.25) is 4.90 Å². The third-order valence-electron chi connectivity index (χ3n) is 4.65. The van der Waals surface area contributed by atoms with E-state index in [4.69, 9.17) is 4.42 Å². The number of benzene rings is 1. The Hall–Kier alpha value is -1.98. The maximum absolute atomic E-state index is 5.92. The van der Waals surface area contributed by atoms with Gasteiger partial charge in [-0.15, -0.1) is 21.5 Å². The molecule has 0 spiro atoms. The molecule has 2 aromatic heterocycles. The zero-order valence-electron chi connectivity index (χ0n) is 14.8. The summed E-state index contributed by atoms with van der Waals surface area (Å²) in [6.45, 7) is 3.63. The van der Waals surface area contributed by atoms with Crippen LogP contribution in [0.2, 0.25) is 0 Å². The van der Waals surface area contributed by atoms with E-state index in [0.717, 1.165) is 11.4 Å². The highest BCUT2D eigenvalue weighted by molar-refractivity contribution is 7.15. The second kappa shape index (κ2) is 7.10. The van der Waals surface area contributed by atoms with Gasteiger partial charge in [-0.25, -0.2) is 0 Å². The fourth-order valence-electron chi connectivity index (χ4n) is 3.31. The lowest BCUT2D eigenvalue weighted by Gasteiger charge is -2.14. The summed E-state index contributed by atoms with van der Waals surface area (Å²) < 4.78 is 5.92. The first kappa shape index (κ1) is 16.5. The molecule has 1 aliphatic carbocycles. The van der Waals surface area contributed by atoms with Gasteiger partial charge >= 0.3 is 0 Å². The van der Waals surface area contributed by atoms with Crippen molar-refractivity contribution < 1.29 is 4.42 Å². The Bertz CT molecular complexity index is 827. The first-order valence-corrected chi connectivity index (χ1v) is 9.67. The molecule has 130 valence electrons. The van der Waals surface area contributed by atoms with Crippen LogP contribution in [0.1, 0.15) is 40.3 Å². The fraction of sp³-hybridized carbons (Fsp3) is 0.400. The van der Waals surface area contributed by atoms with Crippen molar-refractivity contribution in [1.29, 1.82) is 0 Å². The quantitative estimate of drug-likeness (QED) is 0.671. The van der Waals surface area contributed by atoms with E-state index in [1.165, 1.54) is 47.3 Å². The average Bonchev–Trinajstić information content (AvgIpc) is 3.23. The van der Waals surface area contributed by atoms with Gasteiger partial charge < -0.3 is 4.42 Å². The molecule has 1 aliphatic rings. The number of nitrogens with zero attached hydrogens (tertiary/aromatic N) is 3. The highest BCUT2D eigenvalue weighted by atomic mass is 32.1. The fourth-order valence-corrected chi connectivity index (χ4v) is 4.48. The first-order chi connectivity index (χ1) is 12.2. The van der Waals surface area contributed by atoms with Crippen LogP contribution in [0.15, 0.2) is 34.7 Å². The van der Waals surface area contributed by atoms with Crippen molar-refractivity contribution in [3.8, 4) is 10.8 Å². The molecule has 0 unspecified atom stereocenters. The van der Waals surface area contributed by atoms with Crippen LogP contribution < -0.4 is 0 Å². The van der Waals surface area contributed by atoms with Gasteiger partial charge in [0.05, 0.1) is 11.4 Å². The maximum atomic E-state index is 5.92. The molecule has 0 fully saturated rings. The van der Waals surface area contributed by atoms with E-state index < -0.39 is 0 Å². The average molecular weight is 353 g/mol. The van der Waals surface area contributed by atoms with Crippen LogP contribution in [0, 0.1) is 6.92 Å². The maximum Gasteiger partial charge on any atom is 0.257 e. The van der Waals surface area contributed by atoms with Crippen molar-refractivity contribution in [3.05, 3.63) is 57.8 Å². The Labute approximate surface area is 152 Å². The summed E-state index contributed by atoms with van der Waals surface area (Å²) in [5, 5.41) is 8.51. The number of aromatic nitrogens is 2. The Morgan fingerprint density at radius 3 is 2.68 bits per heavy atom. The van der Waals surface area contributed by atoms with Crippen LogP contribution in [0.3, 0.4) is 0 Å². The topological polar surface area (TPSA) is 42.2 Å². The predicted molar refractivity (Wildman–Crippen MR) is 101 cm³/mol. The number of fused-ring (bicyclic) bond motifs is 1. The van der Waals surface area contributed by atoms with Gasteiger partial charge in [-0.05, 0) is 56.8 Å². The summed E-state index contributed by atoms with van der Waals surface area (Å²) in [5.74, 6) is 1.34. The predicted octanol–water partition coefficient (Wildman–Crippen LogP) is 4.62. The number of thiophene rings is 1. The second-order valence-corrected chi connectivity index (χ2v) is 8.06. The van der Waals surface area contributed by atoms with Crippen molar-refractivity contribution >= 4 is 11.3 Å². The number of hydrogen-bond donors (Lipinski definition) is 0. The molecule has 4 nitrogen and oxygen atoms in total. The summed E-state index contributed by atoms with van der Waals surface area (Å²) in [6, 6.07) is 10.9. The minimum absolute atomic E-state index is 0.659. The Kier molecular flexibility index (Phi) is 4.68. The zero-order chi connectivity index (χ0) is 17.2. The van der Waals surface area contributed by atoms with Crippen LogP contribution in [0.4, 0.5) is 0 Å². The first-order valence-electron chi connectivity index (χ1n) is 8.86. The molecule has 0 saturated carbocycles. The van der Waals surface area contributed by atoms with Gasteiger partial charge in [0.15, 0.2) is 0 Å². The normalized spacial score (nSPS) is 14.0. The molecular weight excluding hydrogens is 330 g/mol. The third kappa shape index (κ3) is 3.83. The van der Waals surface area contributed by atoms with Crippen molar-refractivity contribution in [1.82, 2.24) is 15.1 Å². The van der Waals surface area contributed by atoms with E-state index in [1.54, 1.807) is 0 Å². The standard InChI is InChI=1S/C20H23N3OS/c1-14-7-9-15(10-8-14)12-23(2)13-19-21-22-20(24-19)18-11-16-5-3-4-6-17(16)25-18/h7-11H,3-6,12-13H2,1-2H3. The molecule has 3 aromatic rings. The molecule has 1 aromatic carbocycles. The molecule has 0 aliphatic heterocycles. The summed E-state index contributed by atoms with van der Waals surface area (Å²) in [6.07, 6.45) is 4.97. The van der Waals surface area contributed by atoms with Crippen molar-refractivity contribution in [2.45, 2.75) is 45.7 Å². The van der Waals surface area contributed by atoms with E-state index in [-0.39, 0.29) is 0 Å². The second-order valence-electron chi connectivity index (χ2n) is 6.93. The third-order valence-corrected chi connectivity index (χ3v) is 5.88. The monoisotopic (exact) mass is 353 g/mol. The van der Waals surface area contributed by atoms with E-state index in [9.17, 15) is 0 Å². The molecule has 0 radical (unpaired) electrons. The molecule has 25 heavy (non-hydrogen) atoms. The van der Waals surface area contributed by atoms with Gasteiger partial charge in [0.25, 0.3) is 5.89 Å². The lowest BCUT2D eigenvalue weighted by atomic mass is 9.99. The SMILES string of the molecule is Cc1ccc(CN(C)Cc2nnc(-c3cc4c(s3)CCCC4)o2)cc1. The number of aryl methyl sites for hydroxylation is 3. The summed E-state index contributed by atoms with van der Waals surface area (Å²) in [5.41, 5.74) is 4.05. The molecule has 0 saturated heterocycles. The van der Waals surface area contributed by atoms with Gasteiger partial charge in [-0.1, -0.05) is 29.8 Å². The van der Waals surface area contributed by atoms with E-state index in [1.807, 2.05) is 11.3 Å². The van der Waals surface area contributed by atoms with Gasteiger partial charge in [0.2, 0.25) is 5.89 Å². The molecule has 0 N–H and O–H groups in total. The van der Waals surface area contributed by atoms with E-state index in [2.05, 4.69) is 59.4 Å². The number of hydrogen-bond acceptors (Lipinski definition) is 5. The van der Waals surface area contributed by atoms with Crippen LogP contribution in [0.25, 0.3) is 10.8 Å². The molecule has 0 atom stereocenters. The molecule has 0 amide bonds. The van der Waals surface area contributed by atoms with E-state index in [0.29, 0.717) is 18.3 Å². The minimum atomic E-state index is 0.659. The Morgan fingerprint density at radius 1 is 1.08 bits per heavy atom. The van der Waals surface area contributed by atoms with Gasteiger partial charge in [-0.2, -0.15) is 0 Å². The van der Waals surface area contributed by atoms with Crippen molar-refractivity contribution in [3.63, 3.8) is 0 Å². The zero-order valence-corrected chi connectivity index (χ0v) is 15.6. The van der Waals surface area contributed by atoms with E-state index >= 15 is 0 Å². The van der Waals surface area contributed by atoms with Crippen LogP contribution in [-0.2, 0) is 25.9 Å². The Balaban J connectivity index is 1.42. The van der Waals surface area contributed by atoms with Gasteiger partial charge in [0, 0.05) is 11.4 Å². The summed E-state index contributed by atoms with van der Waals surface area (Å²) in [4.78, 5) is 4.81. The number of rotatable bonds is 5. The highest BCUT2D eigenvalue weighted by Crippen LogP contribution is 2.35. The van der Waals surface area contributed by atoms with Crippen LogP contribution in [0.5, 0.6) is 0 Å². The minimum Gasteiger partial charge on any atom is -0.419 e. The van der Waals surface area contributed by atoms with Crippen LogP contribution in [-0.4, -0.2) is 22.1 Å². The molecule has 2 heterocycles. The smallest absolute Gasteiger partial charge is 0.257 e. The summed E-state index contributed by atoms with van der Waals surface area (Å²) >= 11 is 1.81. The van der Waals surface area contributed by atoms with Crippen molar-refractivity contribution in [2.24, 2.45) is 0 Å². The Morgan fingerprint density at radius 2 is 1.88 bits per heavy atom. The largest absolute Gasteiger partial charge is 0.419 e.